The second-order valence-electron chi connectivity index (χ2n) is 1.94. The first-order valence-corrected chi connectivity index (χ1v) is 2.95. The molecule has 0 bridgehead atoms. The molecular formula is C7H8BrNO2. The summed E-state index contributed by atoms with van der Waals surface area (Å²) >= 11 is 0. The van der Waals surface area contributed by atoms with Crippen molar-refractivity contribution in [2.75, 3.05) is 0 Å². The van der Waals surface area contributed by atoms with E-state index in [9.17, 15) is 4.79 Å². The van der Waals surface area contributed by atoms with Gasteiger partial charge in [0, 0.05) is 12.1 Å². The van der Waals surface area contributed by atoms with Gasteiger partial charge in [-0.25, -0.2) is 4.79 Å². The van der Waals surface area contributed by atoms with Gasteiger partial charge in [0.15, 0.2) is 12.4 Å². The maximum absolute atomic E-state index is 10.1. The fourth-order valence-electron chi connectivity index (χ4n) is 0.696. The highest BCUT2D eigenvalue weighted by Gasteiger charge is 2.03. The van der Waals surface area contributed by atoms with Crippen LogP contribution in [0.15, 0.2) is 30.6 Å². The smallest absolute Gasteiger partial charge is 0.370 e. The predicted octanol–water partition coefficient (Wildman–Crippen LogP) is -2.94. The minimum atomic E-state index is -0.823. The number of hydrogen-bond acceptors (Lipinski definition) is 1. The molecule has 0 aliphatic carbocycles. The van der Waals surface area contributed by atoms with Crippen LogP contribution in [-0.4, -0.2) is 11.1 Å². The van der Waals surface area contributed by atoms with Gasteiger partial charge >= 0.3 is 5.97 Å². The van der Waals surface area contributed by atoms with Crippen molar-refractivity contribution in [3.8, 4) is 0 Å². The van der Waals surface area contributed by atoms with Crippen LogP contribution in [0.1, 0.15) is 0 Å². The highest BCUT2D eigenvalue weighted by molar-refractivity contribution is 5.64. The highest BCUT2D eigenvalue weighted by Crippen LogP contribution is 1.76. The summed E-state index contributed by atoms with van der Waals surface area (Å²) in [6.07, 6.45) is 3.43. The van der Waals surface area contributed by atoms with E-state index in [0.29, 0.717) is 0 Å². The van der Waals surface area contributed by atoms with Gasteiger partial charge in [0.2, 0.25) is 6.54 Å². The van der Waals surface area contributed by atoms with Crippen molar-refractivity contribution in [3.63, 3.8) is 0 Å². The van der Waals surface area contributed by atoms with Gasteiger partial charge in [-0.15, -0.1) is 0 Å². The van der Waals surface area contributed by atoms with E-state index in [4.69, 9.17) is 5.11 Å². The van der Waals surface area contributed by atoms with Crippen molar-refractivity contribution in [1.29, 1.82) is 0 Å². The van der Waals surface area contributed by atoms with Crippen LogP contribution in [0.2, 0.25) is 0 Å². The Labute approximate surface area is 75.1 Å². The van der Waals surface area contributed by atoms with E-state index < -0.39 is 5.97 Å². The highest BCUT2D eigenvalue weighted by atomic mass is 79.9. The molecule has 0 amide bonds. The number of nitrogens with zero attached hydrogens (tertiary/aromatic N) is 1. The SMILES string of the molecule is O=C(O)C[n+]1ccccc1.[Br-]. The van der Waals surface area contributed by atoms with Gasteiger partial charge in [0.05, 0.1) is 0 Å². The Balaban J connectivity index is 0.000001000. The first-order valence-electron chi connectivity index (χ1n) is 2.95. The number of halogens is 1. The summed E-state index contributed by atoms with van der Waals surface area (Å²) in [4.78, 5) is 10.1. The number of rotatable bonds is 2. The summed E-state index contributed by atoms with van der Waals surface area (Å²) < 4.78 is 1.60. The third kappa shape index (κ3) is 3.72. The van der Waals surface area contributed by atoms with Gasteiger partial charge < -0.3 is 22.1 Å². The normalized spacial score (nSPS) is 8.36. The van der Waals surface area contributed by atoms with Gasteiger partial charge in [0.1, 0.15) is 0 Å². The summed E-state index contributed by atoms with van der Waals surface area (Å²) in [5.41, 5.74) is 0. The minimum Gasteiger partial charge on any atom is -1.00 e. The number of hydrogen-bond donors (Lipinski definition) is 1. The molecule has 0 spiro atoms. The number of aromatic nitrogens is 1. The molecule has 1 heterocycles. The second kappa shape index (κ2) is 4.85. The first kappa shape index (κ1) is 10.1. The number of aliphatic carboxylic acids is 1. The van der Waals surface area contributed by atoms with Gasteiger partial charge in [0.25, 0.3) is 0 Å². The summed E-state index contributed by atoms with van der Waals surface area (Å²) in [6.45, 7) is 0.0286. The van der Waals surface area contributed by atoms with Crippen LogP contribution in [0.5, 0.6) is 0 Å². The maximum atomic E-state index is 10.1. The van der Waals surface area contributed by atoms with E-state index in [-0.39, 0.29) is 23.5 Å². The van der Waals surface area contributed by atoms with Crippen LogP contribution in [0.4, 0.5) is 0 Å². The second-order valence-corrected chi connectivity index (χ2v) is 1.94. The van der Waals surface area contributed by atoms with Crippen molar-refractivity contribution in [2.45, 2.75) is 6.54 Å². The third-order valence-corrected chi connectivity index (χ3v) is 1.10. The molecule has 1 rings (SSSR count). The first-order chi connectivity index (χ1) is 4.79. The van der Waals surface area contributed by atoms with E-state index in [2.05, 4.69) is 0 Å². The Morgan fingerprint density at radius 1 is 1.27 bits per heavy atom. The molecular weight excluding hydrogens is 210 g/mol. The Bertz CT molecular complexity index is 225. The van der Waals surface area contributed by atoms with Crippen LogP contribution < -0.4 is 21.5 Å². The zero-order chi connectivity index (χ0) is 7.40. The molecule has 1 aromatic heterocycles. The monoisotopic (exact) mass is 217 g/mol. The Hall–Kier alpha value is -0.900. The third-order valence-electron chi connectivity index (χ3n) is 1.10. The maximum Gasteiger partial charge on any atom is 0.370 e. The quantitative estimate of drug-likeness (QED) is 0.540. The average molecular weight is 218 g/mol. The van der Waals surface area contributed by atoms with Crippen molar-refractivity contribution >= 4 is 5.97 Å². The molecule has 0 saturated carbocycles. The molecule has 1 N–H and O–H groups in total. The van der Waals surface area contributed by atoms with Crippen molar-refractivity contribution in [3.05, 3.63) is 30.6 Å². The largest absolute Gasteiger partial charge is 1.00 e. The average Bonchev–Trinajstić information content (AvgIpc) is 1.88. The van der Waals surface area contributed by atoms with Gasteiger partial charge in [-0.05, 0) is 0 Å². The predicted molar refractivity (Wildman–Crippen MR) is 34.3 cm³/mol. The van der Waals surface area contributed by atoms with E-state index in [1.807, 2.05) is 6.07 Å². The number of pyridine rings is 1. The lowest BCUT2D eigenvalue weighted by Crippen LogP contribution is -3.00. The Morgan fingerprint density at radius 2 is 1.82 bits per heavy atom. The minimum absolute atomic E-state index is 0. The number of carbonyl (C=O) groups is 1. The molecule has 0 aromatic carbocycles. The zero-order valence-corrected chi connectivity index (χ0v) is 7.36. The summed E-state index contributed by atoms with van der Waals surface area (Å²) in [5, 5.41) is 8.35. The van der Waals surface area contributed by atoms with Crippen LogP contribution in [0.3, 0.4) is 0 Å². The van der Waals surface area contributed by atoms with Gasteiger partial charge in [-0.3, -0.25) is 0 Å². The molecule has 0 atom stereocenters. The molecule has 11 heavy (non-hydrogen) atoms. The molecule has 0 saturated heterocycles. The topological polar surface area (TPSA) is 41.2 Å². The van der Waals surface area contributed by atoms with Crippen molar-refractivity contribution in [2.24, 2.45) is 0 Å². The molecule has 1 aromatic rings. The number of carboxylic acids is 1. The van der Waals surface area contributed by atoms with Crippen LogP contribution in [0, 0.1) is 0 Å². The fraction of sp³-hybridized carbons (Fsp3) is 0.143. The lowest BCUT2D eigenvalue weighted by molar-refractivity contribution is -0.685. The molecule has 0 aliphatic heterocycles. The van der Waals surface area contributed by atoms with Crippen LogP contribution in [-0.2, 0) is 11.3 Å². The van der Waals surface area contributed by atoms with E-state index >= 15 is 0 Å². The lowest BCUT2D eigenvalue weighted by Gasteiger charge is -1.87. The fourth-order valence-corrected chi connectivity index (χ4v) is 0.696. The summed E-state index contributed by atoms with van der Waals surface area (Å²) in [5.74, 6) is -0.823. The molecule has 0 radical (unpaired) electrons. The molecule has 0 fully saturated rings. The van der Waals surface area contributed by atoms with E-state index in [1.165, 1.54) is 0 Å². The van der Waals surface area contributed by atoms with Gasteiger partial charge in [-0.1, -0.05) is 6.07 Å². The van der Waals surface area contributed by atoms with E-state index in [0.717, 1.165) is 0 Å². The summed E-state index contributed by atoms with van der Waals surface area (Å²) in [6, 6.07) is 5.43. The molecule has 0 aliphatic rings. The summed E-state index contributed by atoms with van der Waals surface area (Å²) in [7, 11) is 0. The Kier molecular flexibility index (Phi) is 4.45. The van der Waals surface area contributed by atoms with Crippen LogP contribution in [0.25, 0.3) is 0 Å². The molecule has 4 heteroatoms. The number of carboxylic acid groups (broad SMARTS) is 1. The lowest BCUT2D eigenvalue weighted by atomic mass is 10.5. The van der Waals surface area contributed by atoms with Crippen LogP contribution >= 0.6 is 0 Å². The van der Waals surface area contributed by atoms with Crippen molar-refractivity contribution < 1.29 is 31.4 Å². The molecule has 60 valence electrons. The standard InChI is InChI=1S/C7H7NO2.BrH/c9-7(10)6-8-4-2-1-3-5-8;/h1-5H,6H2;1H. The molecule has 3 nitrogen and oxygen atoms in total. The van der Waals surface area contributed by atoms with Gasteiger partial charge in [-0.2, -0.15) is 4.57 Å². The zero-order valence-electron chi connectivity index (χ0n) is 5.77. The Morgan fingerprint density at radius 3 is 2.27 bits per heavy atom. The molecule has 0 unspecified atom stereocenters. The van der Waals surface area contributed by atoms with E-state index in [1.54, 1.807) is 29.1 Å². The van der Waals surface area contributed by atoms with Crippen molar-refractivity contribution in [1.82, 2.24) is 0 Å².